The Kier molecular flexibility index (Phi) is 3.53. The summed E-state index contributed by atoms with van der Waals surface area (Å²) in [4.78, 5) is 15.4. The lowest BCUT2D eigenvalue weighted by Gasteiger charge is -2.24. The molecule has 1 aliphatic carbocycles. The number of hydrogen-bond acceptors (Lipinski definition) is 4. The molecule has 2 heterocycles. The van der Waals surface area contributed by atoms with Gasteiger partial charge in [0.05, 0.1) is 6.33 Å². The summed E-state index contributed by atoms with van der Waals surface area (Å²) in [5.74, 6) is 0.756. The van der Waals surface area contributed by atoms with E-state index in [-0.39, 0.29) is 17.0 Å². The van der Waals surface area contributed by atoms with Crippen LogP contribution in [0.2, 0.25) is 0 Å². The molecule has 0 bridgehead atoms. The predicted octanol–water partition coefficient (Wildman–Crippen LogP) is -0.0447. The fourth-order valence-corrected chi connectivity index (χ4v) is 4.74. The Balaban J connectivity index is 1.77. The van der Waals surface area contributed by atoms with Gasteiger partial charge in [0.1, 0.15) is 0 Å². The van der Waals surface area contributed by atoms with E-state index in [0.717, 1.165) is 12.8 Å². The fraction of sp³-hybridized carbons (Fsp3) is 0.692. The van der Waals surface area contributed by atoms with Crippen LogP contribution in [0.1, 0.15) is 19.3 Å². The van der Waals surface area contributed by atoms with E-state index < -0.39 is 10.0 Å². The van der Waals surface area contributed by atoms with Crippen molar-refractivity contribution in [2.45, 2.75) is 30.3 Å². The molecule has 1 aliphatic heterocycles. The lowest BCUT2D eigenvalue weighted by atomic mass is 9.89. The highest BCUT2D eigenvalue weighted by atomic mass is 32.2. The summed E-state index contributed by atoms with van der Waals surface area (Å²) in [6, 6.07) is -0.0558. The highest BCUT2D eigenvalue weighted by Crippen LogP contribution is 2.39. The summed E-state index contributed by atoms with van der Waals surface area (Å²) < 4.78 is 28.2. The number of sulfonamides is 1. The van der Waals surface area contributed by atoms with Crippen molar-refractivity contribution < 1.29 is 13.2 Å². The number of fused-ring (bicyclic) bond motifs is 1. The molecule has 21 heavy (non-hydrogen) atoms. The number of carbonyl (C=O) groups excluding carboxylic acids is 1. The monoisotopic (exact) mass is 312 g/mol. The van der Waals surface area contributed by atoms with E-state index in [2.05, 4.69) is 10.3 Å². The molecule has 0 radical (unpaired) electrons. The van der Waals surface area contributed by atoms with Gasteiger partial charge in [-0.2, -0.15) is 4.31 Å². The molecule has 1 aromatic heterocycles. The zero-order chi connectivity index (χ0) is 15.2. The van der Waals surface area contributed by atoms with Crippen LogP contribution in [0.25, 0.3) is 0 Å². The van der Waals surface area contributed by atoms with Crippen molar-refractivity contribution in [1.29, 1.82) is 0 Å². The van der Waals surface area contributed by atoms with Crippen molar-refractivity contribution in [3.63, 3.8) is 0 Å². The molecule has 0 spiro atoms. The quantitative estimate of drug-likeness (QED) is 0.848. The molecule has 0 unspecified atom stereocenters. The number of aromatic nitrogens is 2. The van der Waals surface area contributed by atoms with E-state index in [4.69, 9.17) is 0 Å². The third kappa shape index (κ3) is 2.57. The largest absolute Gasteiger partial charge is 0.356 e. The lowest BCUT2D eigenvalue weighted by Crippen LogP contribution is -2.38. The van der Waals surface area contributed by atoms with E-state index in [1.54, 1.807) is 18.7 Å². The molecule has 7 nitrogen and oxygen atoms in total. The van der Waals surface area contributed by atoms with Crippen molar-refractivity contribution in [3.8, 4) is 0 Å². The molecule has 2 aliphatic rings. The number of nitrogens with zero attached hydrogens (tertiary/aromatic N) is 3. The Hall–Kier alpha value is -1.41. The fourth-order valence-electron chi connectivity index (χ4n) is 3.40. The number of nitrogens with one attached hydrogen (secondary N) is 1. The molecular weight excluding hydrogens is 292 g/mol. The van der Waals surface area contributed by atoms with Gasteiger partial charge in [-0.3, -0.25) is 4.79 Å². The van der Waals surface area contributed by atoms with E-state index in [1.807, 2.05) is 0 Å². The predicted molar refractivity (Wildman–Crippen MR) is 75.8 cm³/mol. The average Bonchev–Trinajstić information content (AvgIpc) is 3.03. The first-order valence-electron chi connectivity index (χ1n) is 7.10. The van der Waals surface area contributed by atoms with Crippen molar-refractivity contribution in [2.24, 2.45) is 18.9 Å². The van der Waals surface area contributed by atoms with Crippen LogP contribution >= 0.6 is 0 Å². The number of hydrogen-bond donors (Lipinski definition) is 1. The smallest absolute Gasteiger partial charge is 0.262 e. The molecule has 1 aromatic rings. The Labute approximate surface area is 124 Å². The molecule has 8 heteroatoms. The van der Waals surface area contributed by atoms with Gasteiger partial charge in [-0.15, -0.1) is 0 Å². The number of rotatable bonds is 3. The third-order valence-electron chi connectivity index (χ3n) is 4.66. The van der Waals surface area contributed by atoms with Gasteiger partial charge in [0.15, 0.2) is 5.03 Å². The average molecular weight is 312 g/mol. The maximum atomic E-state index is 12.6. The minimum absolute atomic E-state index is 0.0558. The first-order valence-corrected chi connectivity index (χ1v) is 8.54. The first-order chi connectivity index (χ1) is 9.88. The topological polar surface area (TPSA) is 84.3 Å². The van der Waals surface area contributed by atoms with Gasteiger partial charge in [-0.1, -0.05) is 0 Å². The van der Waals surface area contributed by atoms with Crippen LogP contribution in [0.3, 0.4) is 0 Å². The van der Waals surface area contributed by atoms with Crippen molar-refractivity contribution in [2.75, 3.05) is 13.6 Å². The number of amides is 1. The van der Waals surface area contributed by atoms with E-state index in [9.17, 15) is 13.2 Å². The maximum Gasteiger partial charge on any atom is 0.262 e. The molecule has 3 atom stereocenters. The zero-order valence-corrected chi connectivity index (χ0v) is 13.0. The number of aryl methyl sites for hydroxylation is 1. The van der Waals surface area contributed by atoms with Crippen molar-refractivity contribution in [1.82, 2.24) is 19.2 Å². The second-order valence-electron chi connectivity index (χ2n) is 6.05. The summed E-state index contributed by atoms with van der Waals surface area (Å²) >= 11 is 0. The number of imidazole rings is 1. The van der Waals surface area contributed by atoms with Gasteiger partial charge in [0.2, 0.25) is 5.91 Å². The second kappa shape index (κ2) is 5.10. The van der Waals surface area contributed by atoms with Crippen LogP contribution in [0, 0.1) is 11.8 Å². The number of carbonyl (C=O) groups is 1. The Morgan fingerprint density at radius 2 is 2.10 bits per heavy atom. The maximum absolute atomic E-state index is 12.6. The molecule has 0 aromatic carbocycles. The second-order valence-corrected chi connectivity index (χ2v) is 8.00. The highest BCUT2D eigenvalue weighted by Gasteiger charge is 2.42. The van der Waals surface area contributed by atoms with E-state index in [1.165, 1.54) is 16.8 Å². The summed E-state index contributed by atoms with van der Waals surface area (Å²) in [6.45, 7) is 0.664. The minimum atomic E-state index is -3.56. The normalized spacial score (nSPS) is 29.5. The van der Waals surface area contributed by atoms with Gasteiger partial charge in [-0.05, 0) is 24.7 Å². The summed E-state index contributed by atoms with van der Waals surface area (Å²) in [5, 5.41) is 2.94. The SMILES string of the molecule is CN([C@H]1C[C@H]2CC(=O)NC[C@H]2C1)S(=O)(=O)c1cn(C)cn1. The Bertz CT molecular complexity index is 654. The van der Waals surface area contributed by atoms with Gasteiger partial charge in [0.25, 0.3) is 10.0 Å². The number of piperidine rings is 1. The molecule has 1 amide bonds. The summed E-state index contributed by atoms with van der Waals surface area (Å²) in [7, 11) is -0.206. The van der Waals surface area contributed by atoms with Crippen molar-refractivity contribution in [3.05, 3.63) is 12.5 Å². The van der Waals surface area contributed by atoms with Crippen LogP contribution in [0.5, 0.6) is 0 Å². The Morgan fingerprint density at radius 3 is 2.76 bits per heavy atom. The Morgan fingerprint density at radius 1 is 1.38 bits per heavy atom. The van der Waals surface area contributed by atoms with Crippen LogP contribution in [-0.4, -0.2) is 47.8 Å². The lowest BCUT2D eigenvalue weighted by molar-refractivity contribution is -0.124. The molecule has 1 saturated carbocycles. The van der Waals surface area contributed by atoms with Gasteiger partial charge in [-0.25, -0.2) is 13.4 Å². The van der Waals surface area contributed by atoms with Gasteiger partial charge >= 0.3 is 0 Å². The van der Waals surface area contributed by atoms with E-state index >= 15 is 0 Å². The van der Waals surface area contributed by atoms with Crippen molar-refractivity contribution >= 4 is 15.9 Å². The van der Waals surface area contributed by atoms with Gasteiger partial charge in [0, 0.05) is 39.3 Å². The first kappa shape index (κ1) is 14.5. The van der Waals surface area contributed by atoms with Crippen LogP contribution in [-0.2, 0) is 21.9 Å². The summed E-state index contributed by atoms with van der Waals surface area (Å²) in [6.07, 6.45) is 5.06. The molecular formula is C13H20N4O3S. The molecule has 116 valence electrons. The van der Waals surface area contributed by atoms with Crippen LogP contribution in [0.15, 0.2) is 17.6 Å². The van der Waals surface area contributed by atoms with Gasteiger partial charge < -0.3 is 9.88 Å². The molecule has 1 saturated heterocycles. The summed E-state index contributed by atoms with van der Waals surface area (Å²) in [5.41, 5.74) is 0. The molecule has 2 fully saturated rings. The molecule has 3 rings (SSSR count). The van der Waals surface area contributed by atoms with E-state index in [0.29, 0.717) is 24.8 Å². The minimum Gasteiger partial charge on any atom is -0.356 e. The van der Waals surface area contributed by atoms with Crippen LogP contribution < -0.4 is 5.32 Å². The standard InChI is InChI=1S/C13H20N4O3S/c1-16-7-13(15-8-16)21(19,20)17(2)11-3-9-5-12(18)14-6-10(9)4-11/h7-11H,3-6H2,1-2H3,(H,14,18)/t9-,10+,11-/m0/s1. The third-order valence-corrected chi connectivity index (χ3v) is 6.46. The highest BCUT2D eigenvalue weighted by molar-refractivity contribution is 7.89. The zero-order valence-electron chi connectivity index (χ0n) is 12.2. The van der Waals surface area contributed by atoms with Crippen LogP contribution in [0.4, 0.5) is 0 Å². The molecule has 1 N–H and O–H groups in total.